The Bertz CT molecular complexity index is 97.7. The van der Waals surface area contributed by atoms with E-state index in [1.165, 1.54) is 19.3 Å². The van der Waals surface area contributed by atoms with Gasteiger partial charge in [-0.05, 0) is 20.1 Å². The Morgan fingerprint density at radius 2 is 2.09 bits per heavy atom. The van der Waals surface area contributed by atoms with E-state index >= 15 is 0 Å². The molecule has 1 rings (SSSR count). The number of nitrogens with zero attached hydrogens (tertiary/aromatic N) is 1. The molecule has 0 amide bonds. The third-order valence-corrected chi connectivity index (χ3v) is 2.65. The minimum Gasteiger partial charge on any atom is -0.324 e. The van der Waals surface area contributed by atoms with Crippen LogP contribution in [-0.4, -0.2) is 25.0 Å². The molecule has 1 unspecified atom stereocenters. The summed E-state index contributed by atoms with van der Waals surface area (Å²) in [5, 5.41) is 0. The van der Waals surface area contributed by atoms with Gasteiger partial charge in [0.1, 0.15) is 0 Å². The topological polar surface area (TPSA) is 3.24 Å². The molecule has 1 aliphatic carbocycles. The molecule has 0 radical (unpaired) electrons. The van der Waals surface area contributed by atoms with Crippen LogP contribution in [0.2, 0.25) is 0 Å². The first-order chi connectivity index (χ1) is 4.72. The first-order valence-corrected chi connectivity index (χ1v) is 4.21. The van der Waals surface area contributed by atoms with Crippen molar-refractivity contribution in [2.75, 3.05) is 14.1 Å². The maximum atomic E-state index is 2.48. The Morgan fingerprint density at radius 1 is 1.45 bits per heavy atom. The summed E-state index contributed by atoms with van der Waals surface area (Å²) in [4.78, 5) is 2.31. The second-order valence-corrected chi connectivity index (χ2v) is 3.53. The van der Waals surface area contributed by atoms with Gasteiger partial charge in [-0.1, -0.05) is 19.8 Å². The van der Waals surface area contributed by atoms with Crippen molar-refractivity contribution in [2.45, 2.75) is 32.2 Å². The van der Waals surface area contributed by atoms with Crippen LogP contribution in [0.25, 0.3) is 0 Å². The second kappa shape index (κ2) is 5.25. The van der Waals surface area contributed by atoms with E-state index in [9.17, 15) is 0 Å². The third-order valence-electron chi connectivity index (χ3n) is 2.65. The zero-order valence-electron chi connectivity index (χ0n) is 8.30. The van der Waals surface area contributed by atoms with Crippen LogP contribution in [0.5, 0.6) is 0 Å². The summed E-state index contributed by atoms with van der Waals surface area (Å²) in [6, 6.07) is 0.738. The van der Waals surface area contributed by atoms with Crippen molar-refractivity contribution in [3.8, 4) is 0 Å². The summed E-state index contributed by atoms with van der Waals surface area (Å²) in [6.07, 6.45) is 6.62. The van der Waals surface area contributed by atoms with Gasteiger partial charge < -0.3 is 11.3 Å². The van der Waals surface area contributed by atoms with Crippen molar-refractivity contribution in [1.82, 2.24) is 4.90 Å². The number of hydrogen-bond acceptors (Lipinski definition) is 1. The molecule has 60 valence electrons. The van der Waals surface area contributed by atoms with Crippen LogP contribution in [0.3, 0.4) is 0 Å². The fourth-order valence-corrected chi connectivity index (χ4v) is 1.62. The molecule has 1 nitrogen and oxygen atoms in total. The van der Waals surface area contributed by atoms with Gasteiger partial charge in [0.25, 0.3) is 0 Å². The summed E-state index contributed by atoms with van der Waals surface area (Å²) in [7, 11) is 4.33. The first kappa shape index (κ1) is 11.6. The van der Waals surface area contributed by atoms with Gasteiger partial charge >= 0.3 is 18.9 Å². The average Bonchev–Trinajstić information content (AvgIpc) is 2.36. The van der Waals surface area contributed by atoms with Crippen LogP contribution in [-0.2, 0) is 0 Å². The standard InChI is InChI=1S/C9H18N.Li/c1-8(10(2)3)9-6-4-5-7-9;/h6,8-9H,4-5,7H2,1-3H3;/q-1;+1/t8-,9?;/m1./s1. The van der Waals surface area contributed by atoms with Crippen molar-refractivity contribution in [2.24, 2.45) is 5.92 Å². The summed E-state index contributed by atoms with van der Waals surface area (Å²) < 4.78 is 0. The Labute approximate surface area is 82.7 Å². The normalized spacial score (nSPS) is 26.7. The molecule has 0 aromatic rings. The summed E-state index contributed by atoms with van der Waals surface area (Å²) >= 11 is 0. The molecular formula is C9H18LiN. The number of rotatable bonds is 2. The zero-order chi connectivity index (χ0) is 7.56. The minimum atomic E-state index is 0. The molecule has 11 heavy (non-hydrogen) atoms. The van der Waals surface area contributed by atoms with Gasteiger partial charge in [-0.15, -0.1) is 0 Å². The Kier molecular flexibility index (Phi) is 5.51. The van der Waals surface area contributed by atoms with Gasteiger partial charge in [0.05, 0.1) is 0 Å². The quantitative estimate of drug-likeness (QED) is 0.356. The van der Waals surface area contributed by atoms with E-state index in [0.29, 0.717) is 0 Å². The fraction of sp³-hybridized carbons (Fsp3) is 0.889. The van der Waals surface area contributed by atoms with Crippen molar-refractivity contribution in [1.29, 1.82) is 0 Å². The van der Waals surface area contributed by atoms with Gasteiger partial charge in [-0.3, -0.25) is 0 Å². The van der Waals surface area contributed by atoms with Crippen LogP contribution in [0, 0.1) is 12.3 Å². The van der Waals surface area contributed by atoms with E-state index in [1.54, 1.807) is 0 Å². The molecule has 0 aromatic carbocycles. The zero-order valence-corrected chi connectivity index (χ0v) is 8.30. The molecule has 0 saturated heterocycles. The van der Waals surface area contributed by atoms with E-state index in [4.69, 9.17) is 0 Å². The molecule has 1 saturated carbocycles. The van der Waals surface area contributed by atoms with E-state index in [2.05, 4.69) is 32.3 Å². The molecule has 0 N–H and O–H groups in total. The van der Waals surface area contributed by atoms with Crippen molar-refractivity contribution in [3.63, 3.8) is 0 Å². The Morgan fingerprint density at radius 3 is 2.45 bits per heavy atom. The van der Waals surface area contributed by atoms with Crippen LogP contribution in [0.4, 0.5) is 0 Å². The second-order valence-electron chi connectivity index (χ2n) is 3.53. The molecule has 1 fully saturated rings. The van der Waals surface area contributed by atoms with Crippen molar-refractivity contribution in [3.05, 3.63) is 6.42 Å². The molecule has 0 bridgehead atoms. The van der Waals surface area contributed by atoms with Crippen LogP contribution >= 0.6 is 0 Å². The predicted molar refractivity (Wildman–Crippen MR) is 44.8 cm³/mol. The average molecular weight is 147 g/mol. The molecule has 1 aliphatic rings. The summed E-state index contributed by atoms with van der Waals surface area (Å²) in [6.45, 7) is 2.31. The van der Waals surface area contributed by atoms with Crippen LogP contribution in [0.1, 0.15) is 26.2 Å². The molecule has 0 aliphatic heterocycles. The first-order valence-electron chi connectivity index (χ1n) is 4.21. The molecule has 0 aromatic heterocycles. The van der Waals surface area contributed by atoms with E-state index < -0.39 is 0 Å². The monoisotopic (exact) mass is 147 g/mol. The van der Waals surface area contributed by atoms with E-state index in [0.717, 1.165) is 12.0 Å². The van der Waals surface area contributed by atoms with Crippen molar-refractivity contribution < 1.29 is 18.9 Å². The molecule has 0 spiro atoms. The van der Waals surface area contributed by atoms with Gasteiger partial charge in [-0.25, -0.2) is 0 Å². The maximum absolute atomic E-state index is 2.48. The molecule has 2 atom stereocenters. The van der Waals surface area contributed by atoms with Gasteiger partial charge in [0, 0.05) is 0 Å². The number of hydrogen-bond donors (Lipinski definition) is 0. The smallest absolute Gasteiger partial charge is 0.324 e. The van der Waals surface area contributed by atoms with E-state index in [1.807, 2.05) is 0 Å². The Hall–Kier alpha value is 0.557. The molecule has 2 heteroatoms. The van der Waals surface area contributed by atoms with Crippen LogP contribution in [0.15, 0.2) is 0 Å². The SMILES string of the molecule is C[C@H](C1[CH-]CCC1)N(C)C.[Li+]. The predicted octanol–water partition coefficient (Wildman–Crippen LogP) is -1.06. The van der Waals surface area contributed by atoms with Crippen LogP contribution < -0.4 is 18.9 Å². The van der Waals surface area contributed by atoms with Gasteiger partial charge in [0.15, 0.2) is 0 Å². The van der Waals surface area contributed by atoms with Gasteiger partial charge in [0.2, 0.25) is 0 Å². The third kappa shape index (κ3) is 3.19. The molecular weight excluding hydrogens is 129 g/mol. The summed E-state index contributed by atoms with van der Waals surface area (Å²) in [5.41, 5.74) is 0. The Balaban J connectivity index is 0.000001000. The summed E-state index contributed by atoms with van der Waals surface area (Å²) in [5.74, 6) is 0.856. The van der Waals surface area contributed by atoms with Gasteiger partial charge in [-0.2, -0.15) is 12.3 Å². The van der Waals surface area contributed by atoms with Crippen molar-refractivity contribution >= 4 is 0 Å². The minimum absolute atomic E-state index is 0. The molecule has 0 heterocycles. The van der Waals surface area contributed by atoms with E-state index in [-0.39, 0.29) is 18.9 Å². The maximum Gasteiger partial charge on any atom is 1.00 e. The largest absolute Gasteiger partial charge is 1.00 e. The fourth-order valence-electron chi connectivity index (χ4n) is 1.62.